The van der Waals surface area contributed by atoms with Crippen molar-refractivity contribution in [3.63, 3.8) is 0 Å². The van der Waals surface area contributed by atoms with Crippen LogP contribution in [0.4, 0.5) is 26.3 Å². The molecule has 0 saturated carbocycles. The Kier molecular flexibility index (Phi) is 6.00. The minimum Gasteiger partial charge on any atom is -0.314 e. The van der Waals surface area contributed by atoms with E-state index in [1.807, 2.05) is 24.3 Å². The van der Waals surface area contributed by atoms with Gasteiger partial charge in [-0.05, 0) is 22.3 Å². The maximum atomic E-state index is 12.8. The highest BCUT2D eigenvalue weighted by atomic mass is 19.4. The fourth-order valence-electron chi connectivity index (χ4n) is 3.36. The van der Waals surface area contributed by atoms with Gasteiger partial charge in [0, 0.05) is 32.7 Å². The van der Waals surface area contributed by atoms with Crippen LogP contribution < -0.4 is 5.32 Å². The Morgan fingerprint density at radius 1 is 0.750 bits per heavy atom. The molecule has 1 N–H and O–H groups in total. The van der Waals surface area contributed by atoms with Crippen molar-refractivity contribution < 1.29 is 26.3 Å². The highest BCUT2D eigenvalue weighted by Crippen LogP contribution is 2.46. The summed E-state index contributed by atoms with van der Waals surface area (Å²) in [6.45, 7) is 4.62. The maximum Gasteiger partial charge on any atom is 0.404 e. The zero-order valence-corrected chi connectivity index (χ0v) is 14.9. The molecular formula is C20H20F6N2. The van der Waals surface area contributed by atoms with Crippen molar-refractivity contribution in [2.24, 2.45) is 0 Å². The van der Waals surface area contributed by atoms with E-state index in [0.29, 0.717) is 5.56 Å². The second kappa shape index (κ2) is 8.13. The Labute approximate surface area is 159 Å². The van der Waals surface area contributed by atoms with E-state index < -0.39 is 23.8 Å². The molecule has 2 nitrogen and oxygen atoms in total. The molecule has 8 heteroatoms. The largest absolute Gasteiger partial charge is 0.404 e. The molecule has 0 aromatic heterocycles. The molecule has 1 saturated heterocycles. The summed E-state index contributed by atoms with van der Waals surface area (Å²) >= 11 is 0. The molecule has 0 atom stereocenters. The van der Waals surface area contributed by atoms with Crippen LogP contribution in [-0.4, -0.2) is 43.4 Å². The summed E-state index contributed by atoms with van der Waals surface area (Å²) in [5.74, 6) is -3.48. The van der Waals surface area contributed by atoms with Crippen molar-refractivity contribution in [3.05, 3.63) is 59.7 Å². The van der Waals surface area contributed by atoms with Crippen LogP contribution in [0, 0.1) is 0 Å². The average Bonchev–Trinajstić information content (AvgIpc) is 2.62. The Bertz CT molecular complexity index is 745. The Hall–Kier alpha value is -2.06. The number of hydrogen-bond acceptors (Lipinski definition) is 2. The predicted octanol–water partition coefficient (Wildman–Crippen LogP) is 4.97. The number of hydrogen-bond donors (Lipinski definition) is 1. The SMILES string of the molecule is FC(F)(F)C(c1ccc(-c2ccc(CN3CCNCC3)cc2)cc1)C(F)(F)F. The van der Waals surface area contributed by atoms with E-state index in [-0.39, 0.29) is 0 Å². The smallest absolute Gasteiger partial charge is 0.314 e. The summed E-state index contributed by atoms with van der Waals surface area (Å²) in [6, 6.07) is 11.9. The van der Waals surface area contributed by atoms with Gasteiger partial charge < -0.3 is 5.32 Å². The molecule has 0 bridgehead atoms. The van der Waals surface area contributed by atoms with Gasteiger partial charge in [-0.25, -0.2) is 0 Å². The molecule has 2 aromatic rings. The first kappa shape index (κ1) is 20.7. The molecule has 3 rings (SSSR count). The fraction of sp³-hybridized carbons (Fsp3) is 0.400. The predicted molar refractivity (Wildman–Crippen MR) is 94.9 cm³/mol. The van der Waals surface area contributed by atoms with Crippen molar-refractivity contribution in [1.82, 2.24) is 10.2 Å². The average molecular weight is 402 g/mol. The van der Waals surface area contributed by atoms with Crippen molar-refractivity contribution >= 4 is 0 Å². The summed E-state index contributed by atoms with van der Waals surface area (Å²) in [5.41, 5.74) is 1.61. The van der Waals surface area contributed by atoms with E-state index in [1.165, 1.54) is 12.1 Å². The quantitative estimate of drug-likeness (QED) is 0.727. The third-order valence-electron chi connectivity index (χ3n) is 4.80. The molecule has 1 fully saturated rings. The highest BCUT2D eigenvalue weighted by molar-refractivity contribution is 5.64. The lowest BCUT2D eigenvalue weighted by Crippen LogP contribution is -2.42. The molecule has 0 radical (unpaired) electrons. The Morgan fingerprint density at radius 3 is 1.68 bits per heavy atom. The molecular weight excluding hydrogens is 382 g/mol. The number of piperazine rings is 1. The van der Waals surface area contributed by atoms with Crippen LogP contribution in [0.15, 0.2) is 48.5 Å². The second-order valence-corrected chi connectivity index (χ2v) is 6.86. The number of nitrogens with zero attached hydrogens (tertiary/aromatic N) is 1. The first-order valence-electron chi connectivity index (χ1n) is 8.90. The van der Waals surface area contributed by atoms with E-state index in [1.54, 1.807) is 0 Å². The van der Waals surface area contributed by atoms with Crippen molar-refractivity contribution in [2.75, 3.05) is 26.2 Å². The lowest BCUT2D eigenvalue weighted by atomic mass is 9.95. The molecule has 1 aliphatic heterocycles. The summed E-state index contributed by atoms with van der Waals surface area (Å²) in [4.78, 5) is 2.31. The first-order valence-corrected chi connectivity index (χ1v) is 8.90. The van der Waals surface area contributed by atoms with Crippen LogP contribution in [0.25, 0.3) is 11.1 Å². The highest BCUT2D eigenvalue weighted by Gasteiger charge is 2.57. The molecule has 2 aromatic carbocycles. The van der Waals surface area contributed by atoms with E-state index in [2.05, 4.69) is 10.2 Å². The monoisotopic (exact) mass is 402 g/mol. The molecule has 1 aliphatic rings. The molecule has 0 aliphatic carbocycles. The van der Waals surface area contributed by atoms with E-state index in [0.717, 1.165) is 56.0 Å². The van der Waals surface area contributed by atoms with Gasteiger partial charge in [-0.2, -0.15) is 26.3 Å². The first-order chi connectivity index (χ1) is 13.1. The van der Waals surface area contributed by atoms with Gasteiger partial charge in [0.25, 0.3) is 0 Å². The normalized spacial score (nSPS) is 16.5. The van der Waals surface area contributed by atoms with E-state index >= 15 is 0 Å². The van der Waals surface area contributed by atoms with Gasteiger partial charge in [-0.15, -0.1) is 0 Å². The van der Waals surface area contributed by atoms with Gasteiger partial charge in [-0.1, -0.05) is 48.5 Å². The Morgan fingerprint density at radius 2 is 1.21 bits per heavy atom. The van der Waals surface area contributed by atoms with Crippen LogP contribution in [-0.2, 0) is 6.54 Å². The topological polar surface area (TPSA) is 15.3 Å². The minimum absolute atomic E-state index is 0.570. The van der Waals surface area contributed by atoms with Crippen LogP contribution in [0.5, 0.6) is 0 Å². The standard InChI is InChI=1S/C20H20F6N2/c21-19(22,23)18(20(24,25)26)17-7-5-16(6-8-17)15-3-1-14(2-4-15)13-28-11-9-27-10-12-28/h1-8,18,27H,9-13H2. The minimum atomic E-state index is -5.38. The van der Waals surface area contributed by atoms with Crippen LogP contribution in [0.2, 0.25) is 0 Å². The number of alkyl halides is 6. The van der Waals surface area contributed by atoms with Crippen molar-refractivity contribution in [1.29, 1.82) is 0 Å². The summed E-state index contributed by atoms with van der Waals surface area (Å²) in [5, 5.41) is 3.28. The van der Waals surface area contributed by atoms with Gasteiger partial charge >= 0.3 is 12.4 Å². The van der Waals surface area contributed by atoms with Gasteiger partial charge in [0.1, 0.15) is 0 Å². The van der Waals surface area contributed by atoms with Gasteiger partial charge in [0.15, 0.2) is 5.92 Å². The lowest BCUT2D eigenvalue weighted by molar-refractivity contribution is -0.253. The van der Waals surface area contributed by atoms with Crippen molar-refractivity contribution in [3.8, 4) is 11.1 Å². The summed E-state index contributed by atoms with van der Waals surface area (Å²) in [6.07, 6.45) is -10.8. The summed E-state index contributed by atoms with van der Waals surface area (Å²) < 4.78 is 77.0. The number of nitrogens with one attached hydrogen (secondary N) is 1. The Balaban J connectivity index is 1.74. The second-order valence-electron chi connectivity index (χ2n) is 6.86. The number of halogens is 6. The van der Waals surface area contributed by atoms with Gasteiger partial charge in [-0.3, -0.25) is 4.90 Å². The molecule has 28 heavy (non-hydrogen) atoms. The zero-order chi connectivity index (χ0) is 20.4. The van der Waals surface area contributed by atoms with Gasteiger partial charge in [0.05, 0.1) is 0 Å². The molecule has 1 heterocycles. The lowest BCUT2D eigenvalue weighted by Gasteiger charge is -2.27. The van der Waals surface area contributed by atoms with Crippen molar-refractivity contribution in [2.45, 2.75) is 24.8 Å². The maximum absolute atomic E-state index is 12.8. The third-order valence-corrected chi connectivity index (χ3v) is 4.80. The van der Waals surface area contributed by atoms with Gasteiger partial charge in [0.2, 0.25) is 0 Å². The van der Waals surface area contributed by atoms with E-state index in [9.17, 15) is 26.3 Å². The zero-order valence-electron chi connectivity index (χ0n) is 14.9. The third kappa shape index (κ3) is 5.05. The summed E-state index contributed by atoms with van der Waals surface area (Å²) in [7, 11) is 0. The molecule has 0 spiro atoms. The molecule has 152 valence electrons. The molecule has 0 amide bonds. The van der Waals surface area contributed by atoms with Crippen LogP contribution in [0.1, 0.15) is 17.0 Å². The van der Waals surface area contributed by atoms with E-state index in [4.69, 9.17) is 0 Å². The molecule has 0 unspecified atom stereocenters. The van der Waals surface area contributed by atoms with Crippen LogP contribution in [0.3, 0.4) is 0 Å². The number of rotatable bonds is 4. The number of benzene rings is 2. The fourth-order valence-corrected chi connectivity index (χ4v) is 3.36. The van der Waals surface area contributed by atoms with Crippen LogP contribution >= 0.6 is 0 Å².